The first kappa shape index (κ1) is 21.5. The van der Waals surface area contributed by atoms with Crippen molar-refractivity contribution < 1.29 is 9.59 Å². The zero-order valence-electron chi connectivity index (χ0n) is 17.5. The Labute approximate surface area is 189 Å². The molecule has 0 saturated carbocycles. The fourth-order valence-electron chi connectivity index (χ4n) is 3.62. The molecule has 1 fully saturated rings. The van der Waals surface area contributed by atoms with Gasteiger partial charge in [0, 0.05) is 43.3 Å². The number of hydrogen-bond donors (Lipinski definition) is 1. The highest BCUT2D eigenvalue weighted by atomic mass is 35.5. The topological polar surface area (TPSA) is 70.0 Å². The Kier molecular flexibility index (Phi) is 6.41. The van der Waals surface area contributed by atoms with E-state index < -0.39 is 0 Å². The molecule has 7 nitrogen and oxygen atoms in total. The van der Waals surface area contributed by atoms with Gasteiger partial charge < -0.3 is 10.2 Å². The van der Waals surface area contributed by atoms with Gasteiger partial charge in [0.2, 0.25) is 11.8 Å². The summed E-state index contributed by atoms with van der Waals surface area (Å²) in [5.41, 5.74) is 2.45. The van der Waals surface area contributed by atoms with Crippen LogP contribution in [0.15, 0.2) is 36.5 Å². The lowest BCUT2D eigenvalue weighted by molar-refractivity contribution is -0.127. The molecule has 2 amide bonds. The number of aromatic nitrogens is 2. The fourth-order valence-corrected chi connectivity index (χ4v) is 4.68. The van der Waals surface area contributed by atoms with E-state index in [9.17, 15) is 9.59 Å². The molecule has 1 N–H and O–H groups in total. The van der Waals surface area contributed by atoms with Crippen molar-refractivity contribution >= 4 is 51.5 Å². The number of para-hydroxylation sites is 1. The fraction of sp³-hybridized carbons (Fsp3) is 0.318. The van der Waals surface area contributed by atoms with E-state index in [2.05, 4.69) is 10.3 Å². The second-order valence-electron chi connectivity index (χ2n) is 7.54. The monoisotopic (exact) mass is 457 g/mol. The minimum absolute atomic E-state index is 0.0264. The quantitative estimate of drug-likeness (QED) is 0.595. The van der Waals surface area contributed by atoms with Gasteiger partial charge in [-0.15, -0.1) is 11.3 Å². The number of aryl methyl sites for hydroxylation is 2. The van der Waals surface area contributed by atoms with Crippen LogP contribution in [0.5, 0.6) is 0 Å². The number of amides is 2. The predicted octanol–water partition coefficient (Wildman–Crippen LogP) is 3.46. The maximum absolute atomic E-state index is 12.7. The molecule has 0 unspecified atom stereocenters. The third-order valence-corrected chi connectivity index (χ3v) is 6.47. The summed E-state index contributed by atoms with van der Waals surface area (Å²) in [5, 5.41) is 3.35. The maximum atomic E-state index is 12.7. The van der Waals surface area contributed by atoms with Crippen molar-refractivity contribution in [1.82, 2.24) is 19.2 Å². The van der Waals surface area contributed by atoms with Gasteiger partial charge in [0.25, 0.3) is 0 Å². The summed E-state index contributed by atoms with van der Waals surface area (Å²) in [6, 6.07) is 7.16. The van der Waals surface area contributed by atoms with Gasteiger partial charge in [-0.25, -0.2) is 4.98 Å². The van der Waals surface area contributed by atoms with Gasteiger partial charge in [0.1, 0.15) is 0 Å². The van der Waals surface area contributed by atoms with Crippen molar-refractivity contribution in [3.05, 3.63) is 57.8 Å². The number of imidazole rings is 1. The van der Waals surface area contributed by atoms with Crippen LogP contribution in [0.1, 0.15) is 16.3 Å². The van der Waals surface area contributed by atoms with Crippen molar-refractivity contribution in [3.63, 3.8) is 0 Å². The van der Waals surface area contributed by atoms with E-state index in [-0.39, 0.29) is 18.4 Å². The van der Waals surface area contributed by atoms with E-state index in [0.29, 0.717) is 36.9 Å². The number of rotatable bonds is 5. The number of piperazine rings is 1. The molecule has 0 bridgehead atoms. The zero-order chi connectivity index (χ0) is 22.0. The maximum Gasteiger partial charge on any atom is 0.246 e. The van der Waals surface area contributed by atoms with E-state index in [4.69, 9.17) is 11.6 Å². The zero-order valence-corrected chi connectivity index (χ0v) is 19.0. The SMILES string of the molecule is Cc1cn2c(/C=C/C(=O)N3CCN(CC(=O)Nc4ccccc4Cl)CC3)c(C)nc2s1. The second kappa shape index (κ2) is 9.21. The smallest absolute Gasteiger partial charge is 0.246 e. The van der Waals surface area contributed by atoms with Gasteiger partial charge >= 0.3 is 0 Å². The van der Waals surface area contributed by atoms with Crippen molar-refractivity contribution in [2.75, 3.05) is 38.0 Å². The van der Waals surface area contributed by atoms with Crippen molar-refractivity contribution in [1.29, 1.82) is 0 Å². The highest BCUT2D eigenvalue weighted by Gasteiger charge is 2.21. The minimum atomic E-state index is -0.112. The Balaban J connectivity index is 1.29. The summed E-state index contributed by atoms with van der Waals surface area (Å²) >= 11 is 7.72. The Bertz CT molecular complexity index is 1140. The van der Waals surface area contributed by atoms with E-state index in [1.165, 1.54) is 4.88 Å². The van der Waals surface area contributed by atoms with Crippen LogP contribution in [0.2, 0.25) is 5.02 Å². The number of fused-ring (bicyclic) bond motifs is 1. The lowest BCUT2D eigenvalue weighted by Gasteiger charge is -2.33. The number of halogens is 1. The van der Waals surface area contributed by atoms with Crippen molar-refractivity contribution in [2.45, 2.75) is 13.8 Å². The molecule has 162 valence electrons. The number of carbonyl (C=O) groups excluding carboxylic acids is 2. The Morgan fingerprint density at radius 2 is 1.94 bits per heavy atom. The van der Waals surface area contributed by atoms with Gasteiger partial charge in [0.15, 0.2) is 4.96 Å². The molecular formula is C22H24ClN5O2S. The molecule has 2 aromatic heterocycles. The minimum Gasteiger partial charge on any atom is -0.337 e. The van der Waals surface area contributed by atoms with Gasteiger partial charge in [-0.1, -0.05) is 23.7 Å². The van der Waals surface area contributed by atoms with Crippen LogP contribution >= 0.6 is 22.9 Å². The number of nitrogens with zero attached hydrogens (tertiary/aromatic N) is 4. The first-order valence-electron chi connectivity index (χ1n) is 10.1. The highest BCUT2D eigenvalue weighted by Crippen LogP contribution is 2.22. The molecule has 1 aliphatic rings. The van der Waals surface area contributed by atoms with E-state index in [1.807, 2.05) is 52.5 Å². The second-order valence-corrected chi connectivity index (χ2v) is 9.16. The van der Waals surface area contributed by atoms with Gasteiger partial charge in [-0.3, -0.25) is 18.9 Å². The molecule has 1 saturated heterocycles. The van der Waals surface area contributed by atoms with Gasteiger partial charge in [-0.05, 0) is 32.1 Å². The van der Waals surface area contributed by atoms with Gasteiger partial charge in [0.05, 0.1) is 28.6 Å². The Morgan fingerprint density at radius 3 is 2.68 bits per heavy atom. The molecule has 1 aliphatic heterocycles. The van der Waals surface area contributed by atoms with Crippen LogP contribution in [-0.4, -0.2) is 63.7 Å². The standard InChI is InChI=1S/C22H24ClN5O2S/c1-15-13-28-19(16(2)24-22(28)31-15)7-8-21(30)27-11-9-26(10-12-27)14-20(29)25-18-6-4-3-5-17(18)23/h3-8,13H,9-12,14H2,1-2H3,(H,25,29)/b8-7+. The molecule has 3 aromatic rings. The number of hydrogen-bond acceptors (Lipinski definition) is 5. The summed E-state index contributed by atoms with van der Waals surface area (Å²) < 4.78 is 2.02. The first-order chi connectivity index (χ1) is 14.9. The normalized spacial score (nSPS) is 15.1. The molecule has 0 atom stereocenters. The molecule has 0 spiro atoms. The lowest BCUT2D eigenvalue weighted by Crippen LogP contribution is -2.50. The van der Waals surface area contributed by atoms with Crippen LogP contribution in [0.4, 0.5) is 5.69 Å². The lowest BCUT2D eigenvalue weighted by atomic mass is 10.2. The molecule has 9 heteroatoms. The van der Waals surface area contributed by atoms with Crippen LogP contribution in [0, 0.1) is 13.8 Å². The van der Waals surface area contributed by atoms with Gasteiger partial charge in [-0.2, -0.15) is 0 Å². The molecule has 0 radical (unpaired) electrons. The van der Waals surface area contributed by atoms with Crippen LogP contribution in [-0.2, 0) is 9.59 Å². The Hall–Kier alpha value is -2.68. The number of thiazole rings is 1. The summed E-state index contributed by atoms with van der Waals surface area (Å²) in [5.74, 6) is -0.138. The number of carbonyl (C=O) groups is 2. The summed E-state index contributed by atoms with van der Waals surface area (Å²) in [6.45, 7) is 6.73. The molecule has 4 rings (SSSR count). The average molecular weight is 458 g/mol. The third kappa shape index (κ3) is 4.98. The number of benzene rings is 1. The summed E-state index contributed by atoms with van der Waals surface area (Å²) in [7, 11) is 0. The van der Waals surface area contributed by atoms with Crippen LogP contribution < -0.4 is 5.32 Å². The molecule has 1 aromatic carbocycles. The molecular weight excluding hydrogens is 434 g/mol. The van der Waals surface area contributed by atoms with Crippen LogP contribution in [0.25, 0.3) is 11.0 Å². The first-order valence-corrected chi connectivity index (χ1v) is 11.3. The molecule has 0 aliphatic carbocycles. The van der Waals surface area contributed by atoms with Crippen molar-refractivity contribution in [3.8, 4) is 0 Å². The third-order valence-electron chi connectivity index (χ3n) is 5.25. The Morgan fingerprint density at radius 1 is 1.19 bits per heavy atom. The van der Waals surface area contributed by atoms with E-state index in [1.54, 1.807) is 29.5 Å². The largest absolute Gasteiger partial charge is 0.337 e. The van der Waals surface area contributed by atoms with E-state index in [0.717, 1.165) is 16.3 Å². The highest BCUT2D eigenvalue weighted by molar-refractivity contribution is 7.17. The van der Waals surface area contributed by atoms with E-state index >= 15 is 0 Å². The van der Waals surface area contributed by atoms with Crippen LogP contribution in [0.3, 0.4) is 0 Å². The number of anilines is 1. The predicted molar refractivity (Wildman–Crippen MR) is 125 cm³/mol. The van der Waals surface area contributed by atoms with Crippen molar-refractivity contribution in [2.24, 2.45) is 0 Å². The summed E-state index contributed by atoms with van der Waals surface area (Å²) in [4.78, 5) is 35.5. The number of nitrogens with one attached hydrogen (secondary N) is 1. The molecule has 31 heavy (non-hydrogen) atoms. The summed E-state index contributed by atoms with van der Waals surface area (Å²) in [6.07, 6.45) is 5.49. The molecule has 3 heterocycles. The average Bonchev–Trinajstić information content (AvgIpc) is 3.23.